The van der Waals surface area contributed by atoms with Crippen LogP contribution in [0.4, 0.5) is 5.69 Å². The van der Waals surface area contributed by atoms with Crippen LogP contribution in [0.15, 0.2) is 59.7 Å². The summed E-state index contributed by atoms with van der Waals surface area (Å²) in [5, 5.41) is 10.8. The summed E-state index contributed by atoms with van der Waals surface area (Å²) in [5.41, 5.74) is 2.43. The number of carbonyl (C=O) groups excluding carboxylic acids is 1. The van der Waals surface area contributed by atoms with Gasteiger partial charge >= 0.3 is 0 Å². The zero-order valence-electron chi connectivity index (χ0n) is 16.6. The van der Waals surface area contributed by atoms with Crippen LogP contribution in [0.1, 0.15) is 12.5 Å². The quantitative estimate of drug-likeness (QED) is 0.529. The molecule has 0 atom stereocenters. The van der Waals surface area contributed by atoms with Gasteiger partial charge < -0.3 is 10.1 Å². The molecule has 4 rings (SSSR count). The molecule has 4 aromatic rings. The lowest BCUT2D eigenvalue weighted by molar-refractivity contribution is -0.116. The number of anilines is 1. The molecule has 1 amide bonds. The number of nitrogens with one attached hydrogen (secondary N) is 1. The van der Waals surface area contributed by atoms with Gasteiger partial charge in [0.05, 0.1) is 12.3 Å². The highest BCUT2D eigenvalue weighted by Gasteiger charge is 2.15. The van der Waals surface area contributed by atoms with Gasteiger partial charge in [-0.3, -0.25) is 14.2 Å². The predicted molar refractivity (Wildman–Crippen MR) is 112 cm³/mol. The fourth-order valence-corrected chi connectivity index (χ4v) is 2.97. The molecule has 0 aliphatic carbocycles. The average molecular weight is 404 g/mol. The maximum absolute atomic E-state index is 12.8. The number of nitrogens with zero attached hydrogens (tertiary/aromatic N) is 5. The monoisotopic (exact) mass is 404 g/mol. The number of ether oxygens (including phenoxy) is 1. The molecule has 2 aromatic carbocycles. The molecule has 9 heteroatoms. The van der Waals surface area contributed by atoms with Crippen LogP contribution in [0, 0.1) is 6.92 Å². The Bertz CT molecular complexity index is 1240. The molecular weight excluding hydrogens is 384 g/mol. The summed E-state index contributed by atoms with van der Waals surface area (Å²) in [5.74, 6) is 0.404. The van der Waals surface area contributed by atoms with Gasteiger partial charge in [0, 0.05) is 5.69 Å². The van der Waals surface area contributed by atoms with E-state index >= 15 is 0 Å². The maximum Gasteiger partial charge on any atom is 0.284 e. The highest BCUT2D eigenvalue weighted by molar-refractivity contribution is 5.90. The number of carbonyl (C=O) groups is 1. The standard InChI is InChI=1S/C21H20N6O3/c1-3-30-17-10-8-16(9-11-17)27-20-19(24-25-27)21(29)26(13-22-20)12-18(28)23-15-6-4-14(2)5-7-15/h4-11,13H,3,12H2,1-2H3,(H,23,28). The van der Waals surface area contributed by atoms with Crippen LogP contribution < -0.4 is 15.6 Å². The van der Waals surface area contributed by atoms with E-state index in [1.54, 1.807) is 24.3 Å². The van der Waals surface area contributed by atoms with E-state index in [9.17, 15) is 9.59 Å². The molecule has 2 aromatic heterocycles. The largest absolute Gasteiger partial charge is 0.494 e. The Hall–Kier alpha value is -4.01. The highest BCUT2D eigenvalue weighted by Crippen LogP contribution is 2.17. The number of fused-ring (bicyclic) bond motifs is 1. The predicted octanol–water partition coefficient (Wildman–Crippen LogP) is 2.32. The van der Waals surface area contributed by atoms with Crippen molar-refractivity contribution in [1.29, 1.82) is 0 Å². The molecule has 0 aliphatic rings. The second-order valence-electron chi connectivity index (χ2n) is 6.69. The Morgan fingerprint density at radius 1 is 1.10 bits per heavy atom. The second kappa shape index (κ2) is 8.16. The van der Waals surface area contributed by atoms with Crippen LogP contribution >= 0.6 is 0 Å². The van der Waals surface area contributed by atoms with E-state index in [1.807, 2.05) is 38.1 Å². The normalized spacial score (nSPS) is 10.9. The lowest BCUT2D eigenvalue weighted by Crippen LogP contribution is -2.28. The van der Waals surface area contributed by atoms with Gasteiger partial charge in [-0.2, -0.15) is 4.68 Å². The molecular formula is C21H20N6O3. The molecule has 2 heterocycles. The number of amides is 1. The minimum Gasteiger partial charge on any atom is -0.494 e. The van der Waals surface area contributed by atoms with Crippen LogP contribution in [0.3, 0.4) is 0 Å². The summed E-state index contributed by atoms with van der Waals surface area (Å²) in [6.45, 7) is 4.27. The molecule has 0 radical (unpaired) electrons. The van der Waals surface area contributed by atoms with Crippen molar-refractivity contribution < 1.29 is 9.53 Å². The summed E-state index contributed by atoms with van der Waals surface area (Å²) in [7, 11) is 0. The van der Waals surface area contributed by atoms with E-state index in [2.05, 4.69) is 20.6 Å². The van der Waals surface area contributed by atoms with Crippen molar-refractivity contribution in [1.82, 2.24) is 24.5 Å². The van der Waals surface area contributed by atoms with Gasteiger partial charge in [-0.1, -0.05) is 22.9 Å². The molecule has 0 saturated carbocycles. The number of hydrogen-bond acceptors (Lipinski definition) is 6. The molecule has 30 heavy (non-hydrogen) atoms. The number of aromatic nitrogens is 5. The molecule has 0 saturated heterocycles. The van der Waals surface area contributed by atoms with Crippen molar-refractivity contribution in [3.05, 3.63) is 70.8 Å². The van der Waals surface area contributed by atoms with E-state index in [4.69, 9.17) is 4.74 Å². The number of rotatable bonds is 6. The van der Waals surface area contributed by atoms with Gasteiger partial charge in [0.1, 0.15) is 18.6 Å². The molecule has 0 fully saturated rings. The van der Waals surface area contributed by atoms with Gasteiger partial charge in [-0.05, 0) is 50.2 Å². The zero-order valence-corrected chi connectivity index (χ0v) is 16.6. The van der Waals surface area contributed by atoms with E-state index in [0.29, 0.717) is 23.6 Å². The fraction of sp³-hybridized carbons (Fsp3) is 0.190. The van der Waals surface area contributed by atoms with Crippen LogP contribution in [-0.4, -0.2) is 37.1 Å². The van der Waals surface area contributed by atoms with Crippen molar-refractivity contribution in [3.8, 4) is 11.4 Å². The topological polar surface area (TPSA) is 104 Å². The number of hydrogen-bond donors (Lipinski definition) is 1. The Morgan fingerprint density at radius 3 is 2.53 bits per heavy atom. The maximum atomic E-state index is 12.8. The molecule has 0 spiro atoms. The molecule has 152 valence electrons. The van der Waals surface area contributed by atoms with Gasteiger partial charge in [-0.15, -0.1) is 5.10 Å². The first-order chi connectivity index (χ1) is 14.5. The van der Waals surface area contributed by atoms with E-state index in [1.165, 1.54) is 15.6 Å². The second-order valence-corrected chi connectivity index (χ2v) is 6.69. The zero-order chi connectivity index (χ0) is 21.1. The third-order valence-electron chi connectivity index (χ3n) is 4.47. The van der Waals surface area contributed by atoms with Gasteiger partial charge in [0.15, 0.2) is 11.2 Å². The Morgan fingerprint density at radius 2 is 1.83 bits per heavy atom. The first kappa shape index (κ1) is 19.3. The smallest absolute Gasteiger partial charge is 0.284 e. The summed E-state index contributed by atoms with van der Waals surface area (Å²) in [6, 6.07) is 14.6. The van der Waals surface area contributed by atoms with Gasteiger partial charge in [0.2, 0.25) is 5.91 Å². The van der Waals surface area contributed by atoms with E-state index in [-0.39, 0.29) is 18.0 Å². The summed E-state index contributed by atoms with van der Waals surface area (Å²) in [4.78, 5) is 29.4. The van der Waals surface area contributed by atoms with Crippen LogP contribution in [0.25, 0.3) is 16.9 Å². The minimum absolute atomic E-state index is 0.0921. The Balaban J connectivity index is 1.56. The van der Waals surface area contributed by atoms with Crippen LogP contribution in [0.2, 0.25) is 0 Å². The highest BCUT2D eigenvalue weighted by atomic mass is 16.5. The summed E-state index contributed by atoms with van der Waals surface area (Å²) >= 11 is 0. The summed E-state index contributed by atoms with van der Waals surface area (Å²) in [6.07, 6.45) is 1.33. The van der Waals surface area contributed by atoms with Crippen molar-refractivity contribution in [3.63, 3.8) is 0 Å². The number of aryl methyl sites for hydroxylation is 1. The summed E-state index contributed by atoms with van der Waals surface area (Å²) < 4.78 is 8.12. The number of benzene rings is 2. The van der Waals surface area contributed by atoms with Gasteiger partial charge in [-0.25, -0.2) is 4.98 Å². The Kier molecular flexibility index (Phi) is 5.25. The Labute approximate surface area is 171 Å². The lowest BCUT2D eigenvalue weighted by Gasteiger charge is -2.08. The molecule has 0 bridgehead atoms. The molecule has 0 unspecified atom stereocenters. The molecule has 9 nitrogen and oxygen atoms in total. The first-order valence-electron chi connectivity index (χ1n) is 9.46. The van der Waals surface area contributed by atoms with Crippen molar-refractivity contribution in [2.75, 3.05) is 11.9 Å². The van der Waals surface area contributed by atoms with Crippen LogP contribution in [-0.2, 0) is 11.3 Å². The van der Waals surface area contributed by atoms with Crippen molar-refractivity contribution in [2.24, 2.45) is 0 Å². The third kappa shape index (κ3) is 3.90. The minimum atomic E-state index is -0.434. The fourth-order valence-electron chi connectivity index (χ4n) is 2.97. The van der Waals surface area contributed by atoms with Crippen molar-refractivity contribution in [2.45, 2.75) is 20.4 Å². The van der Waals surface area contributed by atoms with Crippen molar-refractivity contribution >= 4 is 22.8 Å². The molecule has 0 aliphatic heterocycles. The van der Waals surface area contributed by atoms with E-state index in [0.717, 1.165) is 11.3 Å². The van der Waals surface area contributed by atoms with E-state index < -0.39 is 5.56 Å². The SMILES string of the molecule is CCOc1ccc(-n2nnc3c(=O)n(CC(=O)Nc4ccc(C)cc4)cnc32)cc1. The first-order valence-corrected chi connectivity index (χ1v) is 9.46. The average Bonchev–Trinajstić information content (AvgIpc) is 3.17. The lowest BCUT2D eigenvalue weighted by atomic mass is 10.2. The molecule has 1 N–H and O–H groups in total. The third-order valence-corrected chi connectivity index (χ3v) is 4.47. The van der Waals surface area contributed by atoms with Gasteiger partial charge in [0.25, 0.3) is 5.56 Å². The van der Waals surface area contributed by atoms with Crippen LogP contribution in [0.5, 0.6) is 5.75 Å².